The number of rotatable bonds is 5. The Morgan fingerprint density at radius 3 is 2.32 bits per heavy atom. The number of sulfone groups is 1. The predicted molar refractivity (Wildman–Crippen MR) is 88.0 cm³/mol. The number of carbonyl (C=O) groups is 1. The van der Waals surface area contributed by atoms with E-state index in [0.717, 1.165) is 5.56 Å². The van der Waals surface area contributed by atoms with Gasteiger partial charge in [0.25, 0.3) is 0 Å². The lowest BCUT2D eigenvalue weighted by Gasteiger charge is -2.07. The van der Waals surface area contributed by atoms with Crippen molar-refractivity contribution in [1.82, 2.24) is 0 Å². The molecule has 1 N–H and O–H groups in total. The number of carbonyl (C=O) groups excluding carboxylic acids is 1. The Kier molecular flexibility index (Phi) is 5.21. The molecule has 0 aromatic heterocycles. The summed E-state index contributed by atoms with van der Waals surface area (Å²) in [6.07, 6.45) is 0.161. The maximum Gasteiger partial charge on any atom is 0.228 e. The van der Waals surface area contributed by atoms with E-state index in [4.69, 9.17) is 11.6 Å². The van der Waals surface area contributed by atoms with Crippen LogP contribution in [-0.4, -0.2) is 20.1 Å². The second-order valence-electron chi connectivity index (χ2n) is 4.74. The minimum Gasteiger partial charge on any atom is -0.326 e. The van der Waals surface area contributed by atoms with Crippen molar-refractivity contribution in [2.45, 2.75) is 18.2 Å². The normalized spacial score (nSPS) is 11.2. The van der Waals surface area contributed by atoms with E-state index in [1.54, 1.807) is 37.3 Å². The number of anilines is 1. The molecule has 22 heavy (non-hydrogen) atoms. The molecule has 0 bridgehead atoms. The molecule has 0 aliphatic carbocycles. The van der Waals surface area contributed by atoms with Gasteiger partial charge in [-0.3, -0.25) is 4.79 Å². The first-order valence-corrected chi connectivity index (χ1v) is 8.81. The second-order valence-corrected chi connectivity index (χ2v) is 7.43. The molecular formula is C16H16ClNO3S. The largest absolute Gasteiger partial charge is 0.326 e. The summed E-state index contributed by atoms with van der Waals surface area (Å²) in [6.45, 7) is 1.59. The van der Waals surface area contributed by atoms with Crippen LogP contribution in [0.4, 0.5) is 5.69 Å². The van der Waals surface area contributed by atoms with Gasteiger partial charge in [-0.1, -0.05) is 36.7 Å². The third-order valence-electron chi connectivity index (χ3n) is 3.19. The van der Waals surface area contributed by atoms with Crippen LogP contribution in [0.2, 0.25) is 5.02 Å². The third kappa shape index (κ3) is 4.08. The number of amides is 1. The first-order chi connectivity index (χ1) is 10.4. The minimum atomic E-state index is -3.23. The predicted octanol–water partition coefficient (Wildman–Crippen LogP) is 3.31. The summed E-state index contributed by atoms with van der Waals surface area (Å²) < 4.78 is 23.4. The van der Waals surface area contributed by atoms with E-state index in [1.165, 1.54) is 12.1 Å². The molecule has 0 radical (unpaired) electrons. The fourth-order valence-electron chi connectivity index (χ4n) is 1.93. The van der Waals surface area contributed by atoms with Crippen molar-refractivity contribution >= 4 is 33.0 Å². The fourth-order valence-corrected chi connectivity index (χ4v) is 3.02. The molecular weight excluding hydrogens is 322 g/mol. The van der Waals surface area contributed by atoms with Crippen LogP contribution in [0.15, 0.2) is 53.4 Å². The third-order valence-corrected chi connectivity index (χ3v) is 5.31. The van der Waals surface area contributed by atoms with Gasteiger partial charge in [-0.05, 0) is 35.9 Å². The van der Waals surface area contributed by atoms with Crippen molar-refractivity contribution in [1.29, 1.82) is 0 Å². The smallest absolute Gasteiger partial charge is 0.228 e. The summed E-state index contributed by atoms with van der Waals surface area (Å²) in [4.78, 5) is 12.2. The van der Waals surface area contributed by atoms with Gasteiger partial charge in [0.2, 0.25) is 5.91 Å². The van der Waals surface area contributed by atoms with Crippen LogP contribution in [0.5, 0.6) is 0 Å². The number of halogens is 1. The number of benzene rings is 2. The van der Waals surface area contributed by atoms with Crippen molar-refractivity contribution in [3.05, 3.63) is 59.1 Å². The summed E-state index contributed by atoms with van der Waals surface area (Å²) in [5.41, 5.74) is 1.29. The maximum absolute atomic E-state index is 12.0. The van der Waals surface area contributed by atoms with Crippen LogP contribution in [0, 0.1) is 0 Å². The summed E-state index contributed by atoms with van der Waals surface area (Å²) in [5.74, 6) is -0.162. The van der Waals surface area contributed by atoms with Crippen LogP contribution < -0.4 is 5.32 Å². The molecule has 6 heteroatoms. The average molecular weight is 338 g/mol. The van der Waals surface area contributed by atoms with Gasteiger partial charge in [0.15, 0.2) is 9.84 Å². The van der Waals surface area contributed by atoms with Crippen LogP contribution in [0.3, 0.4) is 0 Å². The van der Waals surface area contributed by atoms with Gasteiger partial charge < -0.3 is 5.32 Å². The van der Waals surface area contributed by atoms with Gasteiger partial charge in [0.1, 0.15) is 0 Å². The van der Waals surface area contributed by atoms with E-state index >= 15 is 0 Å². The Bertz CT molecular complexity index is 770. The van der Waals surface area contributed by atoms with Gasteiger partial charge in [0.05, 0.1) is 17.1 Å². The Morgan fingerprint density at radius 2 is 1.73 bits per heavy atom. The van der Waals surface area contributed by atoms with Gasteiger partial charge in [0, 0.05) is 10.7 Å². The van der Waals surface area contributed by atoms with Crippen LogP contribution in [-0.2, 0) is 21.1 Å². The first-order valence-electron chi connectivity index (χ1n) is 6.78. The molecule has 0 fully saturated rings. The quantitative estimate of drug-likeness (QED) is 0.910. The summed E-state index contributed by atoms with van der Waals surface area (Å²) in [6, 6.07) is 13.3. The first kappa shape index (κ1) is 16.5. The molecule has 0 unspecified atom stereocenters. The van der Waals surface area contributed by atoms with E-state index < -0.39 is 9.84 Å². The lowest BCUT2D eigenvalue weighted by Crippen LogP contribution is -2.14. The Labute approximate surface area is 135 Å². The monoisotopic (exact) mass is 337 g/mol. The molecule has 2 rings (SSSR count). The van der Waals surface area contributed by atoms with E-state index in [9.17, 15) is 13.2 Å². The molecule has 0 saturated carbocycles. The van der Waals surface area contributed by atoms with Crippen molar-refractivity contribution in [3.63, 3.8) is 0 Å². The summed E-state index contributed by atoms with van der Waals surface area (Å²) in [5, 5.41) is 3.27. The van der Waals surface area contributed by atoms with Crippen molar-refractivity contribution in [2.24, 2.45) is 0 Å². The molecule has 0 spiro atoms. The molecule has 2 aromatic rings. The van der Waals surface area contributed by atoms with Crippen molar-refractivity contribution in [3.8, 4) is 0 Å². The molecule has 0 saturated heterocycles. The molecule has 4 nitrogen and oxygen atoms in total. The Morgan fingerprint density at radius 1 is 1.09 bits per heavy atom. The molecule has 0 heterocycles. The number of hydrogen-bond acceptors (Lipinski definition) is 3. The lowest BCUT2D eigenvalue weighted by molar-refractivity contribution is -0.115. The highest BCUT2D eigenvalue weighted by molar-refractivity contribution is 7.91. The maximum atomic E-state index is 12.0. The van der Waals surface area contributed by atoms with Crippen LogP contribution >= 0.6 is 11.6 Å². The summed E-state index contributed by atoms with van der Waals surface area (Å²) in [7, 11) is -3.23. The average Bonchev–Trinajstić information content (AvgIpc) is 2.50. The molecule has 2 aromatic carbocycles. The lowest BCUT2D eigenvalue weighted by atomic mass is 10.1. The van der Waals surface area contributed by atoms with E-state index in [2.05, 4.69) is 5.32 Å². The number of hydrogen-bond donors (Lipinski definition) is 1. The minimum absolute atomic E-state index is 0.0468. The van der Waals surface area contributed by atoms with Crippen molar-refractivity contribution in [2.75, 3.05) is 11.1 Å². The molecule has 1 amide bonds. The Balaban J connectivity index is 2.05. The van der Waals surface area contributed by atoms with Crippen molar-refractivity contribution < 1.29 is 13.2 Å². The zero-order chi connectivity index (χ0) is 16.2. The van der Waals surface area contributed by atoms with E-state index in [1.807, 2.05) is 6.07 Å². The van der Waals surface area contributed by atoms with Crippen LogP contribution in [0.25, 0.3) is 0 Å². The standard InChI is InChI=1S/C16H16ClNO3S/c1-2-22(20,21)14-9-7-13(8-10-14)18-16(19)11-12-5-3-4-6-15(12)17/h3-10H,2,11H2,1H3,(H,18,19). The SMILES string of the molecule is CCS(=O)(=O)c1ccc(NC(=O)Cc2ccccc2Cl)cc1. The van der Waals surface area contributed by atoms with Gasteiger partial charge in [-0.25, -0.2) is 8.42 Å². The topological polar surface area (TPSA) is 63.2 Å². The second kappa shape index (κ2) is 6.94. The zero-order valence-electron chi connectivity index (χ0n) is 12.0. The molecule has 0 aliphatic rings. The van der Waals surface area contributed by atoms with Crippen LogP contribution in [0.1, 0.15) is 12.5 Å². The zero-order valence-corrected chi connectivity index (χ0v) is 13.6. The molecule has 116 valence electrons. The van der Waals surface area contributed by atoms with Gasteiger partial charge in [-0.15, -0.1) is 0 Å². The summed E-state index contributed by atoms with van der Waals surface area (Å²) >= 11 is 6.01. The molecule has 0 atom stereocenters. The highest BCUT2D eigenvalue weighted by atomic mass is 35.5. The van der Waals surface area contributed by atoms with E-state index in [0.29, 0.717) is 10.7 Å². The van der Waals surface area contributed by atoms with Gasteiger partial charge >= 0.3 is 0 Å². The van der Waals surface area contributed by atoms with Gasteiger partial charge in [-0.2, -0.15) is 0 Å². The fraction of sp³-hybridized carbons (Fsp3) is 0.188. The van der Waals surface area contributed by atoms with E-state index in [-0.39, 0.29) is 23.0 Å². The highest BCUT2D eigenvalue weighted by Crippen LogP contribution is 2.18. The molecule has 0 aliphatic heterocycles. The Hall–Kier alpha value is -1.85. The number of nitrogens with one attached hydrogen (secondary N) is 1. The highest BCUT2D eigenvalue weighted by Gasteiger charge is 2.12.